The Bertz CT molecular complexity index is 1200. The van der Waals surface area contributed by atoms with E-state index in [4.69, 9.17) is 10.5 Å². The summed E-state index contributed by atoms with van der Waals surface area (Å²) in [5.41, 5.74) is 13.7. The number of hydrogen-bond acceptors (Lipinski definition) is 2. The molecule has 0 aliphatic heterocycles. The first-order valence-electron chi connectivity index (χ1n) is 11.8. The van der Waals surface area contributed by atoms with Crippen LogP contribution in [0, 0.1) is 6.92 Å². The maximum absolute atomic E-state index is 12.2. The number of carbonyl (C=O) groups is 1. The van der Waals surface area contributed by atoms with Crippen molar-refractivity contribution < 1.29 is 9.53 Å². The Morgan fingerprint density at radius 2 is 1.67 bits per heavy atom. The van der Waals surface area contributed by atoms with E-state index in [2.05, 4.69) is 56.5 Å². The number of fused-ring (bicyclic) bond motifs is 1. The van der Waals surface area contributed by atoms with Gasteiger partial charge in [0.1, 0.15) is 5.75 Å². The molecule has 33 heavy (non-hydrogen) atoms. The van der Waals surface area contributed by atoms with Crippen molar-refractivity contribution in [3.63, 3.8) is 0 Å². The van der Waals surface area contributed by atoms with Crippen molar-refractivity contribution in [3.8, 4) is 17.0 Å². The van der Waals surface area contributed by atoms with Gasteiger partial charge in [0.25, 0.3) is 5.91 Å². The molecule has 0 atom stereocenters. The Hall–Kier alpha value is -3.01. The molecule has 4 heteroatoms. The summed E-state index contributed by atoms with van der Waals surface area (Å²) in [4.78, 5) is 12.2. The molecule has 0 radical (unpaired) electrons. The van der Waals surface area contributed by atoms with Gasteiger partial charge in [-0.3, -0.25) is 4.79 Å². The zero-order valence-electron chi connectivity index (χ0n) is 20.8. The predicted molar refractivity (Wildman–Crippen MR) is 135 cm³/mol. The fourth-order valence-corrected chi connectivity index (χ4v) is 5.31. The summed E-state index contributed by atoms with van der Waals surface area (Å²) in [6.45, 7) is 12.1. The van der Waals surface area contributed by atoms with Crippen LogP contribution in [0.2, 0.25) is 0 Å². The van der Waals surface area contributed by atoms with Gasteiger partial charge >= 0.3 is 0 Å². The van der Waals surface area contributed by atoms with Gasteiger partial charge in [-0.2, -0.15) is 0 Å². The highest BCUT2D eigenvalue weighted by Gasteiger charge is 2.37. The van der Waals surface area contributed by atoms with Crippen LogP contribution in [0.4, 0.5) is 0 Å². The average molecular weight is 445 g/mol. The summed E-state index contributed by atoms with van der Waals surface area (Å²) < 4.78 is 7.77. The number of aromatic nitrogens is 1. The van der Waals surface area contributed by atoms with E-state index in [1.807, 2.05) is 31.2 Å². The number of amides is 1. The largest absolute Gasteiger partial charge is 0.496 e. The Morgan fingerprint density at radius 1 is 1.00 bits per heavy atom. The van der Waals surface area contributed by atoms with Crippen molar-refractivity contribution in [2.45, 2.75) is 71.3 Å². The van der Waals surface area contributed by atoms with Crippen LogP contribution in [0.15, 0.2) is 48.5 Å². The third-order valence-electron chi connectivity index (χ3n) is 7.58. The smallest absolute Gasteiger partial charge is 0.250 e. The van der Waals surface area contributed by atoms with Crippen molar-refractivity contribution in [2.75, 3.05) is 7.11 Å². The average Bonchev–Trinajstić information content (AvgIpc) is 3.12. The molecule has 0 spiro atoms. The zero-order valence-corrected chi connectivity index (χ0v) is 20.8. The molecule has 0 unspecified atom stereocenters. The summed E-state index contributed by atoms with van der Waals surface area (Å²) in [5.74, 6) is 0.501. The van der Waals surface area contributed by atoms with Crippen LogP contribution in [-0.2, 0) is 23.8 Å². The van der Waals surface area contributed by atoms with Crippen molar-refractivity contribution >= 4 is 5.91 Å². The quantitative estimate of drug-likeness (QED) is 0.495. The van der Waals surface area contributed by atoms with Crippen LogP contribution in [-0.4, -0.2) is 17.6 Å². The summed E-state index contributed by atoms with van der Waals surface area (Å²) in [7, 11) is 1.70. The van der Waals surface area contributed by atoms with Crippen molar-refractivity contribution in [3.05, 3.63) is 76.5 Å². The Balaban J connectivity index is 1.80. The lowest BCUT2D eigenvalue weighted by molar-refractivity contribution is 0.0999. The van der Waals surface area contributed by atoms with Crippen LogP contribution in [0.25, 0.3) is 11.3 Å². The molecule has 1 aliphatic carbocycles. The molecule has 0 bridgehead atoms. The van der Waals surface area contributed by atoms with E-state index in [9.17, 15) is 4.79 Å². The topological polar surface area (TPSA) is 57.2 Å². The number of para-hydroxylation sites is 1. The summed E-state index contributed by atoms with van der Waals surface area (Å²) in [5, 5.41) is 0. The molecule has 1 heterocycles. The first-order valence-corrected chi connectivity index (χ1v) is 11.8. The van der Waals surface area contributed by atoms with E-state index in [1.54, 1.807) is 7.11 Å². The molecule has 0 fully saturated rings. The first-order chi connectivity index (χ1) is 15.5. The minimum Gasteiger partial charge on any atom is -0.496 e. The van der Waals surface area contributed by atoms with Crippen LogP contribution >= 0.6 is 0 Å². The lowest BCUT2D eigenvalue weighted by atomic mass is 9.63. The SMILES string of the molecule is COc1ccccc1CCn1c(-c2ccc3c(c2)C(C)(C)CCC3(C)C)cc(C(N)=O)c1C. The van der Waals surface area contributed by atoms with E-state index in [-0.39, 0.29) is 16.7 Å². The van der Waals surface area contributed by atoms with Crippen LogP contribution in [0.1, 0.15) is 73.3 Å². The van der Waals surface area contributed by atoms with Crippen LogP contribution in [0.5, 0.6) is 5.75 Å². The van der Waals surface area contributed by atoms with E-state index in [0.29, 0.717) is 5.56 Å². The van der Waals surface area contributed by atoms with Crippen molar-refractivity contribution in [1.82, 2.24) is 4.57 Å². The molecule has 4 nitrogen and oxygen atoms in total. The fraction of sp³-hybridized carbons (Fsp3) is 0.414. The molecule has 2 aromatic carbocycles. The van der Waals surface area contributed by atoms with Crippen LogP contribution < -0.4 is 10.5 Å². The van der Waals surface area contributed by atoms with Gasteiger partial charge in [-0.25, -0.2) is 0 Å². The highest BCUT2D eigenvalue weighted by atomic mass is 16.5. The number of methoxy groups -OCH3 is 1. The third-order valence-corrected chi connectivity index (χ3v) is 7.58. The second kappa shape index (κ2) is 8.40. The van der Waals surface area contributed by atoms with E-state index < -0.39 is 0 Å². The Morgan fingerprint density at radius 3 is 2.33 bits per heavy atom. The minimum absolute atomic E-state index is 0.122. The molecule has 1 aliphatic rings. The second-order valence-corrected chi connectivity index (χ2v) is 10.6. The fourth-order valence-electron chi connectivity index (χ4n) is 5.31. The number of nitrogens with zero attached hydrogens (tertiary/aromatic N) is 1. The number of rotatable bonds is 6. The number of carbonyl (C=O) groups excluding carboxylic acids is 1. The molecule has 2 N–H and O–H groups in total. The summed E-state index contributed by atoms with van der Waals surface area (Å²) >= 11 is 0. The molecular formula is C29H36N2O2. The normalized spacial score (nSPS) is 16.3. The van der Waals surface area contributed by atoms with Gasteiger partial charge in [-0.1, -0.05) is 58.0 Å². The molecule has 1 amide bonds. The molecule has 0 saturated carbocycles. The van der Waals surface area contributed by atoms with Gasteiger partial charge in [-0.05, 0) is 77.5 Å². The van der Waals surface area contributed by atoms with Gasteiger partial charge in [0.15, 0.2) is 0 Å². The molecule has 1 aromatic heterocycles. The molecule has 4 rings (SSSR count). The predicted octanol–water partition coefficient (Wildman–Crippen LogP) is 6.16. The maximum Gasteiger partial charge on any atom is 0.250 e. The standard InChI is InChI=1S/C29H36N2O2/c1-19-22(27(30)32)18-25(31(19)16-13-20-9-7-8-10-26(20)33-6)21-11-12-23-24(17-21)29(4,5)15-14-28(23,2)3/h7-12,17-18H,13-16H2,1-6H3,(H2,30,32). The number of benzene rings is 2. The monoisotopic (exact) mass is 444 g/mol. The van der Waals surface area contributed by atoms with Crippen molar-refractivity contribution in [1.29, 1.82) is 0 Å². The van der Waals surface area contributed by atoms with Gasteiger partial charge in [0.05, 0.1) is 12.7 Å². The lowest BCUT2D eigenvalue weighted by Gasteiger charge is -2.42. The molecule has 174 valence electrons. The number of ether oxygens (including phenoxy) is 1. The van der Waals surface area contributed by atoms with Crippen LogP contribution in [0.3, 0.4) is 0 Å². The number of nitrogens with two attached hydrogens (primary N) is 1. The summed E-state index contributed by atoms with van der Waals surface area (Å²) in [6, 6.07) is 16.9. The summed E-state index contributed by atoms with van der Waals surface area (Å²) in [6.07, 6.45) is 3.15. The zero-order chi connectivity index (χ0) is 24.0. The highest BCUT2D eigenvalue weighted by Crippen LogP contribution is 2.47. The second-order valence-electron chi connectivity index (χ2n) is 10.6. The third kappa shape index (κ3) is 4.19. The lowest BCUT2D eigenvalue weighted by Crippen LogP contribution is -2.33. The Labute approximate surface area is 197 Å². The van der Waals surface area contributed by atoms with Gasteiger partial charge in [-0.15, -0.1) is 0 Å². The first kappa shape index (κ1) is 23.2. The van der Waals surface area contributed by atoms with E-state index in [0.717, 1.165) is 47.7 Å². The molecule has 0 saturated heterocycles. The highest BCUT2D eigenvalue weighted by molar-refractivity contribution is 5.95. The number of primary amides is 1. The Kier molecular flexibility index (Phi) is 5.90. The number of aryl methyl sites for hydroxylation is 1. The van der Waals surface area contributed by atoms with Gasteiger partial charge < -0.3 is 15.0 Å². The number of hydrogen-bond donors (Lipinski definition) is 1. The molecular weight excluding hydrogens is 408 g/mol. The van der Waals surface area contributed by atoms with E-state index >= 15 is 0 Å². The minimum atomic E-state index is -0.385. The van der Waals surface area contributed by atoms with E-state index in [1.165, 1.54) is 17.5 Å². The van der Waals surface area contributed by atoms with Crippen molar-refractivity contribution in [2.24, 2.45) is 5.73 Å². The molecule has 3 aromatic rings. The van der Waals surface area contributed by atoms with Gasteiger partial charge in [0.2, 0.25) is 0 Å². The maximum atomic E-state index is 12.2. The van der Waals surface area contributed by atoms with Gasteiger partial charge in [0, 0.05) is 17.9 Å².